The Balaban J connectivity index is 0.00000107. The van der Waals surface area contributed by atoms with Crippen molar-refractivity contribution in [2.75, 3.05) is 13.7 Å². The highest BCUT2D eigenvalue weighted by atomic mass is 35.5. The lowest BCUT2D eigenvalue weighted by Gasteiger charge is -2.32. The number of benzene rings is 1. The first-order valence-electron chi connectivity index (χ1n) is 10.9. The molecule has 10 nitrogen and oxygen atoms in total. The zero-order valence-corrected chi connectivity index (χ0v) is 21.0. The molecule has 1 aromatic carbocycles. The number of alkyl halides is 2. The number of hydrogen-bond donors (Lipinski definition) is 1. The molecule has 1 saturated heterocycles. The molecule has 2 aliphatic rings. The summed E-state index contributed by atoms with van der Waals surface area (Å²) in [5, 5.41) is 9.44. The first-order chi connectivity index (χ1) is 18.3. The fraction of sp³-hybridized carbons (Fsp3) is 0.261. The number of aliphatic imine (C=N–C) groups is 1. The van der Waals surface area contributed by atoms with Crippen molar-refractivity contribution in [1.82, 2.24) is 25.0 Å². The molecule has 1 fully saturated rings. The van der Waals surface area contributed by atoms with Gasteiger partial charge in [0.1, 0.15) is 11.9 Å². The van der Waals surface area contributed by atoms with Crippen LogP contribution in [0.5, 0.6) is 0 Å². The average molecular weight is 567 g/mol. The van der Waals surface area contributed by atoms with Gasteiger partial charge in [-0.15, -0.1) is 11.3 Å². The summed E-state index contributed by atoms with van der Waals surface area (Å²) in [7, 11) is 1.27. The molecule has 1 N–H and O–H groups in total. The third-order valence-corrected chi connectivity index (χ3v) is 6.83. The number of fused-ring (bicyclic) bond motifs is 1. The van der Waals surface area contributed by atoms with E-state index in [4.69, 9.17) is 30.9 Å². The highest BCUT2D eigenvalue weighted by molar-refractivity contribution is 7.11. The molecule has 2 aliphatic heterocycles. The molecular weight excluding hydrogens is 549 g/mol. The predicted octanol–water partition coefficient (Wildman–Crippen LogP) is 4.29. The molecule has 3 aromatic rings. The zero-order valence-electron chi connectivity index (χ0n) is 19.5. The first kappa shape index (κ1) is 27.0. The number of amides is 1. The second kappa shape index (κ2) is 11.6. The van der Waals surface area contributed by atoms with Gasteiger partial charge in [-0.25, -0.2) is 18.9 Å². The number of hydrogen-bond acceptors (Lipinski definition) is 9. The van der Waals surface area contributed by atoms with Gasteiger partial charge in [-0.3, -0.25) is 4.99 Å². The van der Waals surface area contributed by atoms with Crippen molar-refractivity contribution in [1.29, 1.82) is 0 Å². The fourth-order valence-electron chi connectivity index (χ4n) is 4.28. The van der Waals surface area contributed by atoms with E-state index < -0.39 is 24.5 Å². The zero-order chi connectivity index (χ0) is 27.4. The lowest BCUT2D eigenvalue weighted by atomic mass is 9.92. The number of alkyl carbamates (subject to hydrolysis) is 1. The van der Waals surface area contributed by atoms with E-state index in [0.717, 1.165) is 5.70 Å². The standard InChI is InChI=1S/C22H18ClF3N6O2S.CO2/c1-34-22(33)28-12-9-16-17(15-4-6-32(30-15)21(25)26)18(13-3-2-11(24)8-14(13)23)29-19(31(16)10-12)20-27-5-7-35-20;2-1-3/h2-8,12,18,21H,9-10H2,1H3,(H,28,33);/t12-,18+;/m1./s1. The van der Waals surface area contributed by atoms with Gasteiger partial charge in [-0.05, 0) is 18.2 Å². The number of nitrogens with one attached hydrogen (secondary N) is 1. The van der Waals surface area contributed by atoms with Gasteiger partial charge >= 0.3 is 18.8 Å². The van der Waals surface area contributed by atoms with Crippen LogP contribution >= 0.6 is 22.9 Å². The van der Waals surface area contributed by atoms with Crippen molar-refractivity contribution in [3.63, 3.8) is 0 Å². The van der Waals surface area contributed by atoms with Gasteiger partial charge in [0.2, 0.25) is 0 Å². The quantitative estimate of drug-likeness (QED) is 0.489. The van der Waals surface area contributed by atoms with Crippen LogP contribution < -0.4 is 5.32 Å². The van der Waals surface area contributed by atoms with Crippen molar-refractivity contribution in [3.8, 4) is 0 Å². The summed E-state index contributed by atoms with van der Waals surface area (Å²) in [4.78, 5) is 39.4. The number of aromatic nitrogens is 3. The molecule has 0 bridgehead atoms. The van der Waals surface area contributed by atoms with Gasteiger partial charge < -0.3 is 15.0 Å². The van der Waals surface area contributed by atoms with E-state index in [2.05, 4.69) is 15.4 Å². The maximum absolute atomic E-state index is 13.8. The summed E-state index contributed by atoms with van der Waals surface area (Å²) in [5.74, 6) is 0.0197. The van der Waals surface area contributed by atoms with Crippen LogP contribution in [0.3, 0.4) is 0 Å². The number of amidine groups is 1. The first-order valence-corrected chi connectivity index (χ1v) is 12.1. The normalized spacial score (nSPS) is 18.4. The summed E-state index contributed by atoms with van der Waals surface area (Å²) in [6, 6.07) is 4.32. The number of methoxy groups -OCH3 is 1. The molecule has 2 atom stereocenters. The molecule has 4 heterocycles. The Hall–Kier alpha value is -4.00. The van der Waals surface area contributed by atoms with Crippen molar-refractivity contribution in [2.45, 2.75) is 25.1 Å². The number of ether oxygens (including phenoxy) is 1. The lowest BCUT2D eigenvalue weighted by molar-refractivity contribution is -0.191. The average Bonchev–Trinajstić information content (AvgIpc) is 3.64. The highest BCUT2D eigenvalue weighted by Gasteiger charge is 2.41. The lowest BCUT2D eigenvalue weighted by Crippen LogP contribution is -2.39. The smallest absolute Gasteiger partial charge is 0.407 e. The maximum Gasteiger partial charge on any atom is 0.407 e. The monoisotopic (exact) mass is 566 g/mol. The summed E-state index contributed by atoms with van der Waals surface area (Å²) in [6.45, 7) is -2.47. The Morgan fingerprint density at radius 2 is 2.08 bits per heavy atom. The van der Waals surface area contributed by atoms with Crippen molar-refractivity contribution in [3.05, 3.63) is 74.8 Å². The number of halogens is 4. The third kappa shape index (κ3) is 5.47. The van der Waals surface area contributed by atoms with E-state index in [1.807, 2.05) is 4.90 Å². The summed E-state index contributed by atoms with van der Waals surface area (Å²) < 4.78 is 45.8. The highest BCUT2D eigenvalue weighted by Crippen LogP contribution is 2.46. The molecule has 2 aromatic heterocycles. The number of carbonyl (C=O) groups is 1. The number of rotatable bonds is 5. The second-order valence-corrected chi connectivity index (χ2v) is 9.21. The number of nitrogens with zero attached hydrogens (tertiary/aromatic N) is 5. The minimum atomic E-state index is -2.83. The maximum atomic E-state index is 13.8. The Labute approximate surface area is 222 Å². The van der Waals surface area contributed by atoms with Gasteiger partial charge in [0.15, 0.2) is 10.8 Å². The molecule has 38 heavy (non-hydrogen) atoms. The van der Waals surface area contributed by atoms with E-state index >= 15 is 0 Å². The van der Waals surface area contributed by atoms with E-state index in [1.54, 1.807) is 11.6 Å². The Kier molecular flexibility index (Phi) is 8.25. The van der Waals surface area contributed by atoms with Crippen LogP contribution in [-0.2, 0) is 14.3 Å². The molecule has 0 aliphatic carbocycles. The van der Waals surface area contributed by atoms with Gasteiger partial charge in [0.05, 0.1) is 18.8 Å². The Bertz CT molecular complexity index is 1420. The summed E-state index contributed by atoms with van der Waals surface area (Å²) >= 11 is 7.80. The second-order valence-electron chi connectivity index (χ2n) is 7.91. The van der Waals surface area contributed by atoms with Crippen LogP contribution in [-0.4, -0.2) is 57.4 Å². The Morgan fingerprint density at radius 3 is 2.68 bits per heavy atom. The minimum absolute atomic E-state index is 0.138. The van der Waals surface area contributed by atoms with E-state index in [1.165, 1.54) is 48.9 Å². The van der Waals surface area contributed by atoms with Gasteiger partial charge in [0.25, 0.3) is 0 Å². The fourth-order valence-corrected chi connectivity index (χ4v) is 5.19. The summed E-state index contributed by atoms with van der Waals surface area (Å²) in [5.41, 5.74) is 2.01. The van der Waals surface area contributed by atoms with Crippen molar-refractivity contribution >= 4 is 46.6 Å². The van der Waals surface area contributed by atoms with Crippen LogP contribution in [0.1, 0.15) is 35.3 Å². The third-order valence-electron chi connectivity index (χ3n) is 5.73. The van der Waals surface area contributed by atoms with E-state index in [9.17, 15) is 18.0 Å². The van der Waals surface area contributed by atoms with Crippen LogP contribution in [0.4, 0.5) is 18.0 Å². The topological polar surface area (TPSA) is 119 Å². The molecule has 0 radical (unpaired) electrons. The Morgan fingerprint density at radius 1 is 1.32 bits per heavy atom. The summed E-state index contributed by atoms with van der Waals surface area (Å²) in [6.07, 6.45) is 2.84. The van der Waals surface area contributed by atoms with Crippen LogP contribution in [0.2, 0.25) is 5.02 Å². The van der Waals surface area contributed by atoms with Crippen LogP contribution in [0.25, 0.3) is 5.57 Å². The predicted molar refractivity (Wildman–Crippen MR) is 129 cm³/mol. The van der Waals surface area contributed by atoms with Gasteiger partial charge in [0, 0.05) is 52.6 Å². The van der Waals surface area contributed by atoms with Gasteiger partial charge in [-0.1, -0.05) is 17.7 Å². The molecule has 0 spiro atoms. The van der Waals surface area contributed by atoms with Crippen LogP contribution in [0.15, 0.2) is 52.7 Å². The molecular formula is C23H18ClF3N6O4S. The van der Waals surface area contributed by atoms with Crippen LogP contribution in [0, 0.1) is 5.82 Å². The molecule has 5 rings (SSSR count). The number of carbonyl (C=O) groups excluding carboxylic acids is 3. The minimum Gasteiger partial charge on any atom is -0.453 e. The molecule has 198 valence electrons. The molecule has 0 saturated carbocycles. The number of thiazole rings is 1. The van der Waals surface area contributed by atoms with E-state index in [-0.39, 0.29) is 22.9 Å². The SMILES string of the molecule is COC(=O)N[C@@H]1CC2=C(c3ccn(C(F)F)n3)[C@H](c3ccc(F)cc3Cl)N=C(c3nccs3)N2C1.O=C=O. The molecule has 1 amide bonds. The molecule has 0 unspecified atom stereocenters. The van der Waals surface area contributed by atoms with E-state index in [0.29, 0.717) is 39.6 Å². The molecule has 15 heteroatoms. The largest absolute Gasteiger partial charge is 0.453 e. The van der Waals surface area contributed by atoms with Crippen molar-refractivity contribution in [2.24, 2.45) is 4.99 Å². The van der Waals surface area contributed by atoms with Crippen molar-refractivity contribution < 1.29 is 32.3 Å². The van der Waals surface area contributed by atoms with Gasteiger partial charge in [-0.2, -0.15) is 23.5 Å².